The molecule has 0 saturated carbocycles. The number of amides is 2. The van der Waals surface area contributed by atoms with Crippen molar-refractivity contribution in [3.63, 3.8) is 0 Å². The maximum Gasteiger partial charge on any atom is 0.355 e. The zero-order chi connectivity index (χ0) is 32.0. The molecule has 4 aromatic rings. The highest BCUT2D eigenvalue weighted by Gasteiger charge is 2.54. The number of halogens is 1. The summed E-state index contributed by atoms with van der Waals surface area (Å²) < 4.78 is 16.4. The molecule has 1 aromatic heterocycles. The van der Waals surface area contributed by atoms with E-state index in [0.717, 1.165) is 16.0 Å². The van der Waals surface area contributed by atoms with Crippen molar-refractivity contribution in [2.45, 2.75) is 22.9 Å². The Bertz CT molecular complexity index is 1790. The summed E-state index contributed by atoms with van der Waals surface area (Å²) >= 11 is 8.85. The van der Waals surface area contributed by atoms with Gasteiger partial charge in [-0.2, -0.15) is 0 Å². The minimum Gasteiger partial charge on any atom is -0.497 e. The molecule has 2 amide bonds. The van der Waals surface area contributed by atoms with E-state index in [1.807, 2.05) is 42.5 Å². The van der Waals surface area contributed by atoms with Crippen LogP contribution >= 0.6 is 35.1 Å². The highest BCUT2D eigenvalue weighted by Crippen LogP contribution is 2.41. The van der Waals surface area contributed by atoms with Crippen LogP contribution in [0.2, 0.25) is 5.02 Å². The molecule has 0 radical (unpaired) electrons. The lowest BCUT2D eigenvalue weighted by Crippen LogP contribution is -2.70. The van der Waals surface area contributed by atoms with E-state index in [2.05, 4.69) is 10.5 Å². The van der Waals surface area contributed by atoms with Crippen molar-refractivity contribution >= 4 is 59.0 Å². The van der Waals surface area contributed by atoms with Crippen molar-refractivity contribution in [2.75, 3.05) is 18.6 Å². The van der Waals surface area contributed by atoms with E-state index in [0.29, 0.717) is 33.6 Å². The Kier molecular flexibility index (Phi) is 9.82. The Hall–Kier alpha value is -4.45. The van der Waals surface area contributed by atoms with E-state index in [9.17, 15) is 14.4 Å². The molecular weight excluding hydrogens is 646 g/mol. The van der Waals surface area contributed by atoms with Crippen molar-refractivity contribution < 1.29 is 28.4 Å². The second kappa shape index (κ2) is 14.3. The second-order valence-corrected chi connectivity index (χ2v) is 12.9. The first-order valence-corrected chi connectivity index (χ1v) is 16.7. The minimum atomic E-state index is -0.750. The number of fused-ring (bicyclic) bond motifs is 1. The number of nitrogens with one attached hydrogen (secondary N) is 1. The van der Waals surface area contributed by atoms with Gasteiger partial charge in [-0.3, -0.25) is 14.5 Å². The molecule has 3 aromatic carbocycles. The summed E-state index contributed by atoms with van der Waals surface area (Å²) in [5, 5.41) is 7.16. The zero-order valence-electron chi connectivity index (χ0n) is 24.6. The number of carbonyl (C=O) groups is 3. The Morgan fingerprint density at radius 1 is 1.09 bits per heavy atom. The van der Waals surface area contributed by atoms with E-state index < -0.39 is 17.4 Å². The Morgan fingerprint density at radius 3 is 2.59 bits per heavy atom. The highest BCUT2D eigenvalue weighted by molar-refractivity contribution is 8.00. The summed E-state index contributed by atoms with van der Waals surface area (Å²) in [7, 11) is 1.58. The summed E-state index contributed by atoms with van der Waals surface area (Å²) in [4.78, 5) is 42.1. The number of rotatable bonds is 11. The van der Waals surface area contributed by atoms with Gasteiger partial charge in [0.05, 0.1) is 12.9 Å². The maximum atomic E-state index is 13.6. The van der Waals surface area contributed by atoms with E-state index in [-0.39, 0.29) is 29.9 Å². The van der Waals surface area contributed by atoms with Gasteiger partial charge >= 0.3 is 5.97 Å². The molecule has 1 N–H and O–H groups in total. The summed E-state index contributed by atoms with van der Waals surface area (Å²) in [5.74, 6) is 0.451. The van der Waals surface area contributed by atoms with Gasteiger partial charge in [-0.15, -0.1) is 23.5 Å². The minimum absolute atomic E-state index is 0.00654. The molecule has 9 nitrogen and oxygen atoms in total. The van der Waals surface area contributed by atoms with Crippen LogP contribution in [0, 0.1) is 0 Å². The third kappa shape index (κ3) is 7.17. The topological polar surface area (TPSA) is 111 Å². The average molecular weight is 674 g/mol. The van der Waals surface area contributed by atoms with Crippen LogP contribution in [0.25, 0.3) is 17.3 Å². The van der Waals surface area contributed by atoms with Crippen molar-refractivity contribution in [1.29, 1.82) is 0 Å². The monoisotopic (exact) mass is 673 g/mol. The van der Waals surface area contributed by atoms with Crippen LogP contribution in [0.4, 0.5) is 0 Å². The fourth-order valence-corrected chi connectivity index (χ4v) is 7.06. The number of ether oxygens (including phenoxy) is 2. The molecule has 2 aliphatic rings. The number of esters is 1. The lowest BCUT2D eigenvalue weighted by Gasteiger charge is -2.49. The quantitative estimate of drug-likeness (QED) is 0.113. The summed E-state index contributed by atoms with van der Waals surface area (Å²) in [6, 6.07) is 25.0. The molecule has 2 aliphatic heterocycles. The first-order valence-electron chi connectivity index (χ1n) is 14.3. The standard InChI is InChI=1S/C34H28ClN3O6S2/c1-42-25-14-7-21(8-15-25)18-43-34(41)31-23(11-16-26-17-28(37-44-26)22-9-12-24(35)13-10-22)19-46-33-30(32(40)38(31)33)36-29(39)20-45-27-5-3-2-4-6-27/h2-17,30,33H,18-20H2,1H3,(H,36,39)/b16-11+/t30-,33?/m1/s1. The number of hydrogen-bond donors (Lipinski definition) is 1. The number of β-lactam (4-membered cyclic amide) rings is 1. The number of benzene rings is 3. The van der Waals surface area contributed by atoms with Crippen LogP contribution in [0.5, 0.6) is 5.75 Å². The van der Waals surface area contributed by atoms with Crippen LogP contribution < -0.4 is 10.1 Å². The third-order valence-corrected chi connectivity index (χ3v) is 9.83. The van der Waals surface area contributed by atoms with Gasteiger partial charge in [0.1, 0.15) is 35.2 Å². The van der Waals surface area contributed by atoms with Gasteiger partial charge in [0, 0.05) is 27.3 Å². The fourth-order valence-electron chi connectivity index (χ4n) is 4.89. The molecule has 1 saturated heterocycles. The third-order valence-electron chi connectivity index (χ3n) is 7.27. The molecule has 0 spiro atoms. The number of aromatic nitrogens is 1. The van der Waals surface area contributed by atoms with Gasteiger partial charge in [-0.1, -0.05) is 65.3 Å². The van der Waals surface area contributed by atoms with Gasteiger partial charge in [0.2, 0.25) is 5.91 Å². The molecule has 3 heterocycles. The largest absolute Gasteiger partial charge is 0.497 e. The summed E-state index contributed by atoms with van der Waals surface area (Å²) in [5.41, 5.74) is 2.96. The van der Waals surface area contributed by atoms with Crippen LogP contribution in [0.3, 0.4) is 0 Å². The predicted octanol–water partition coefficient (Wildman–Crippen LogP) is 6.21. The first-order chi connectivity index (χ1) is 22.4. The SMILES string of the molecule is COc1ccc(COC(=O)C2=C(/C=C/c3cc(-c4ccc(Cl)cc4)no3)CSC3[C@H](NC(=O)CSc4ccccc4)C(=O)N23)cc1. The number of methoxy groups -OCH3 is 1. The van der Waals surface area contributed by atoms with Gasteiger partial charge < -0.3 is 19.3 Å². The van der Waals surface area contributed by atoms with E-state index in [4.69, 9.17) is 25.6 Å². The Balaban J connectivity index is 1.19. The lowest BCUT2D eigenvalue weighted by molar-refractivity contribution is -0.153. The molecule has 0 aliphatic carbocycles. The molecule has 1 fully saturated rings. The molecule has 2 atom stereocenters. The average Bonchev–Trinajstić information content (AvgIpc) is 3.57. The van der Waals surface area contributed by atoms with Gasteiger partial charge in [0.15, 0.2) is 5.76 Å². The first kappa shape index (κ1) is 31.5. The Labute approximate surface area is 278 Å². The highest BCUT2D eigenvalue weighted by atomic mass is 35.5. The van der Waals surface area contributed by atoms with E-state index >= 15 is 0 Å². The van der Waals surface area contributed by atoms with Gasteiger partial charge in [-0.05, 0) is 53.6 Å². The van der Waals surface area contributed by atoms with Crippen molar-refractivity contribution in [2.24, 2.45) is 0 Å². The fraction of sp³-hybridized carbons (Fsp3) is 0.176. The van der Waals surface area contributed by atoms with Crippen molar-refractivity contribution in [3.8, 4) is 17.0 Å². The maximum absolute atomic E-state index is 13.6. The van der Waals surface area contributed by atoms with Crippen molar-refractivity contribution in [3.05, 3.63) is 119 Å². The van der Waals surface area contributed by atoms with Gasteiger partial charge in [-0.25, -0.2) is 4.79 Å². The summed E-state index contributed by atoms with van der Waals surface area (Å²) in [6.45, 7) is 0.00654. The summed E-state index contributed by atoms with van der Waals surface area (Å²) in [6.07, 6.45) is 3.43. The molecule has 1 unspecified atom stereocenters. The molecule has 0 bridgehead atoms. The van der Waals surface area contributed by atoms with Crippen LogP contribution in [0.15, 0.2) is 112 Å². The molecule has 6 rings (SSSR count). The molecule has 12 heteroatoms. The van der Waals surface area contributed by atoms with Gasteiger partial charge in [0.25, 0.3) is 5.91 Å². The van der Waals surface area contributed by atoms with Crippen LogP contribution in [-0.2, 0) is 25.7 Å². The molecule has 46 heavy (non-hydrogen) atoms. The lowest BCUT2D eigenvalue weighted by atomic mass is 10.0. The normalized spacial score (nSPS) is 17.4. The zero-order valence-corrected chi connectivity index (χ0v) is 26.9. The van der Waals surface area contributed by atoms with Crippen LogP contribution in [-0.4, -0.2) is 57.9 Å². The van der Waals surface area contributed by atoms with E-state index in [1.165, 1.54) is 28.4 Å². The number of hydrogen-bond acceptors (Lipinski definition) is 9. The Morgan fingerprint density at radius 2 is 1.85 bits per heavy atom. The van der Waals surface area contributed by atoms with Crippen molar-refractivity contribution in [1.82, 2.24) is 15.4 Å². The number of carbonyl (C=O) groups excluding carboxylic acids is 3. The van der Waals surface area contributed by atoms with Crippen LogP contribution in [0.1, 0.15) is 11.3 Å². The predicted molar refractivity (Wildman–Crippen MR) is 178 cm³/mol. The smallest absolute Gasteiger partial charge is 0.355 e. The number of allylic oxidation sites excluding steroid dienone is 1. The molecular formula is C34H28ClN3O6S2. The number of thioether (sulfide) groups is 2. The molecule has 234 valence electrons. The second-order valence-electron chi connectivity index (χ2n) is 10.3. The van der Waals surface area contributed by atoms with E-state index in [1.54, 1.807) is 61.7 Å². The number of nitrogens with zero attached hydrogens (tertiary/aromatic N) is 2.